The molecular weight excluding hydrogens is 366 g/mol. The summed E-state index contributed by atoms with van der Waals surface area (Å²) in [5.41, 5.74) is 2.44. The number of amides is 2. The molecule has 1 aromatic heterocycles. The Hall–Kier alpha value is -2.67. The van der Waals surface area contributed by atoms with Crippen LogP contribution in [-0.2, 0) is 4.74 Å². The van der Waals surface area contributed by atoms with E-state index < -0.39 is 0 Å². The van der Waals surface area contributed by atoms with Gasteiger partial charge in [-0.05, 0) is 31.4 Å². The number of aromatic nitrogens is 2. The van der Waals surface area contributed by atoms with E-state index in [0.29, 0.717) is 25.6 Å². The molecule has 0 spiro atoms. The number of benzene rings is 1. The van der Waals surface area contributed by atoms with Gasteiger partial charge in [-0.2, -0.15) is 0 Å². The van der Waals surface area contributed by atoms with Gasteiger partial charge in [0.25, 0.3) is 0 Å². The Balaban J connectivity index is 1.29. The van der Waals surface area contributed by atoms with Gasteiger partial charge in [0.1, 0.15) is 0 Å². The fourth-order valence-corrected chi connectivity index (χ4v) is 4.07. The quantitative estimate of drug-likeness (QED) is 0.862. The molecule has 1 aromatic carbocycles. The summed E-state index contributed by atoms with van der Waals surface area (Å²) in [5, 5.41) is 3.15. The number of rotatable bonds is 4. The van der Waals surface area contributed by atoms with Gasteiger partial charge < -0.3 is 19.9 Å². The molecule has 2 aliphatic heterocycles. The Kier molecular flexibility index (Phi) is 6.24. The van der Waals surface area contributed by atoms with E-state index in [2.05, 4.69) is 51.4 Å². The minimum Gasteiger partial charge on any atom is -0.373 e. The number of ether oxygens (including phenoxy) is 1. The Morgan fingerprint density at radius 3 is 2.59 bits per heavy atom. The molecule has 0 saturated carbocycles. The number of hydrogen-bond acceptors (Lipinski definition) is 5. The van der Waals surface area contributed by atoms with E-state index in [0.717, 1.165) is 38.5 Å². The summed E-state index contributed by atoms with van der Waals surface area (Å²) >= 11 is 0. The van der Waals surface area contributed by atoms with Crippen LogP contribution in [0, 0.1) is 12.8 Å². The van der Waals surface area contributed by atoms with Crippen molar-refractivity contribution in [3.8, 4) is 0 Å². The Morgan fingerprint density at radius 1 is 1.14 bits per heavy atom. The van der Waals surface area contributed by atoms with Crippen molar-refractivity contribution in [2.75, 3.05) is 44.2 Å². The Labute approximate surface area is 172 Å². The molecule has 0 bridgehead atoms. The Morgan fingerprint density at radius 2 is 1.86 bits per heavy atom. The maximum Gasteiger partial charge on any atom is 0.317 e. The number of piperazine rings is 1. The fourth-order valence-electron chi connectivity index (χ4n) is 4.07. The first-order chi connectivity index (χ1) is 14.2. The van der Waals surface area contributed by atoms with Crippen LogP contribution in [0.1, 0.15) is 30.1 Å². The summed E-state index contributed by atoms with van der Waals surface area (Å²) < 4.78 is 6.07. The van der Waals surface area contributed by atoms with Gasteiger partial charge in [0.05, 0.1) is 6.10 Å². The molecule has 2 saturated heterocycles. The molecule has 3 heterocycles. The SMILES string of the molecule is Cc1ccc([C@H]2OCCC[C@H]2CNC(=O)N2CCN(c3ncccn3)CC2)cc1. The highest BCUT2D eigenvalue weighted by atomic mass is 16.5. The summed E-state index contributed by atoms with van der Waals surface area (Å²) in [7, 11) is 0. The molecule has 0 aliphatic carbocycles. The van der Waals surface area contributed by atoms with Crippen LogP contribution in [-0.4, -0.2) is 60.2 Å². The average molecular weight is 396 g/mol. The third kappa shape index (κ3) is 4.85. The molecule has 2 aromatic rings. The molecule has 7 nitrogen and oxygen atoms in total. The van der Waals surface area contributed by atoms with E-state index in [4.69, 9.17) is 4.74 Å². The van der Waals surface area contributed by atoms with Crippen LogP contribution in [0.2, 0.25) is 0 Å². The number of nitrogens with one attached hydrogen (secondary N) is 1. The minimum atomic E-state index is 0.00635. The highest BCUT2D eigenvalue weighted by Gasteiger charge is 2.29. The minimum absolute atomic E-state index is 0.00635. The van der Waals surface area contributed by atoms with Crippen molar-refractivity contribution in [3.63, 3.8) is 0 Å². The summed E-state index contributed by atoms with van der Waals surface area (Å²) in [4.78, 5) is 25.3. The van der Waals surface area contributed by atoms with Crippen LogP contribution in [0.3, 0.4) is 0 Å². The second kappa shape index (κ2) is 9.22. The molecular formula is C22H29N5O2. The summed E-state index contributed by atoms with van der Waals surface area (Å²) in [5.74, 6) is 1.03. The van der Waals surface area contributed by atoms with E-state index in [9.17, 15) is 4.79 Å². The van der Waals surface area contributed by atoms with Crippen LogP contribution in [0.5, 0.6) is 0 Å². The van der Waals surface area contributed by atoms with E-state index >= 15 is 0 Å². The van der Waals surface area contributed by atoms with Crippen LogP contribution in [0.15, 0.2) is 42.7 Å². The highest BCUT2D eigenvalue weighted by Crippen LogP contribution is 2.33. The van der Waals surface area contributed by atoms with Gasteiger partial charge in [-0.15, -0.1) is 0 Å². The second-order valence-electron chi connectivity index (χ2n) is 7.81. The van der Waals surface area contributed by atoms with Gasteiger partial charge in [-0.25, -0.2) is 14.8 Å². The number of nitrogens with zero attached hydrogens (tertiary/aromatic N) is 4. The zero-order valence-corrected chi connectivity index (χ0v) is 17.0. The normalized spacial score (nSPS) is 22.4. The lowest BCUT2D eigenvalue weighted by molar-refractivity contribution is -0.0271. The third-order valence-electron chi connectivity index (χ3n) is 5.77. The van der Waals surface area contributed by atoms with Gasteiger partial charge in [-0.1, -0.05) is 29.8 Å². The zero-order valence-electron chi connectivity index (χ0n) is 17.0. The van der Waals surface area contributed by atoms with E-state index in [1.807, 2.05) is 11.0 Å². The predicted octanol–water partition coefficient (Wildman–Crippen LogP) is 2.78. The maximum atomic E-state index is 12.7. The van der Waals surface area contributed by atoms with Crippen LogP contribution in [0.4, 0.5) is 10.7 Å². The number of carbonyl (C=O) groups excluding carboxylic acids is 1. The topological polar surface area (TPSA) is 70.6 Å². The lowest BCUT2D eigenvalue weighted by Crippen LogP contribution is -2.53. The molecule has 7 heteroatoms. The first-order valence-electron chi connectivity index (χ1n) is 10.4. The molecule has 2 aliphatic rings. The number of anilines is 1. The maximum absolute atomic E-state index is 12.7. The van der Waals surface area contributed by atoms with Gasteiger partial charge >= 0.3 is 6.03 Å². The predicted molar refractivity (Wildman–Crippen MR) is 112 cm³/mol. The van der Waals surface area contributed by atoms with Crippen molar-refractivity contribution < 1.29 is 9.53 Å². The molecule has 1 N–H and O–H groups in total. The van der Waals surface area contributed by atoms with E-state index in [1.54, 1.807) is 12.4 Å². The molecule has 0 unspecified atom stereocenters. The van der Waals surface area contributed by atoms with Crippen molar-refractivity contribution in [3.05, 3.63) is 53.9 Å². The van der Waals surface area contributed by atoms with Crippen molar-refractivity contribution in [2.45, 2.75) is 25.9 Å². The van der Waals surface area contributed by atoms with Crippen LogP contribution >= 0.6 is 0 Å². The molecule has 4 rings (SSSR count). The third-order valence-corrected chi connectivity index (χ3v) is 5.77. The molecule has 2 atom stereocenters. The smallest absolute Gasteiger partial charge is 0.317 e. The van der Waals surface area contributed by atoms with E-state index in [1.165, 1.54) is 11.1 Å². The van der Waals surface area contributed by atoms with Crippen molar-refractivity contribution in [1.29, 1.82) is 0 Å². The van der Waals surface area contributed by atoms with Crippen LogP contribution < -0.4 is 10.2 Å². The zero-order chi connectivity index (χ0) is 20.1. The largest absolute Gasteiger partial charge is 0.373 e. The molecule has 29 heavy (non-hydrogen) atoms. The lowest BCUT2D eigenvalue weighted by Gasteiger charge is -2.36. The first kappa shape index (κ1) is 19.6. The van der Waals surface area contributed by atoms with Crippen LogP contribution in [0.25, 0.3) is 0 Å². The fraction of sp³-hybridized carbons (Fsp3) is 0.500. The summed E-state index contributed by atoms with van der Waals surface area (Å²) in [6.45, 7) is 6.35. The molecule has 2 fully saturated rings. The van der Waals surface area contributed by atoms with Crippen molar-refractivity contribution in [1.82, 2.24) is 20.2 Å². The number of carbonyl (C=O) groups is 1. The van der Waals surface area contributed by atoms with Crippen molar-refractivity contribution >= 4 is 12.0 Å². The monoisotopic (exact) mass is 395 g/mol. The number of urea groups is 1. The highest BCUT2D eigenvalue weighted by molar-refractivity contribution is 5.74. The number of hydrogen-bond donors (Lipinski definition) is 1. The Bertz CT molecular complexity index is 791. The van der Waals surface area contributed by atoms with Gasteiger partial charge in [0.15, 0.2) is 0 Å². The molecule has 2 amide bonds. The summed E-state index contributed by atoms with van der Waals surface area (Å²) in [6, 6.07) is 10.4. The van der Waals surface area contributed by atoms with E-state index in [-0.39, 0.29) is 12.1 Å². The molecule has 0 radical (unpaired) electrons. The van der Waals surface area contributed by atoms with Gasteiger partial charge in [-0.3, -0.25) is 0 Å². The number of aryl methyl sites for hydroxylation is 1. The first-order valence-corrected chi connectivity index (χ1v) is 10.4. The second-order valence-corrected chi connectivity index (χ2v) is 7.81. The van der Waals surface area contributed by atoms with Gasteiger partial charge in [0, 0.05) is 57.6 Å². The van der Waals surface area contributed by atoms with Gasteiger partial charge in [0.2, 0.25) is 5.95 Å². The van der Waals surface area contributed by atoms with Crippen molar-refractivity contribution in [2.24, 2.45) is 5.92 Å². The molecule has 154 valence electrons. The standard InChI is InChI=1S/C22H29N5O2/c1-17-5-7-18(8-6-17)20-19(4-2-15-29-20)16-25-22(28)27-13-11-26(12-14-27)21-23-9-3-10-24-21/h3,5-10,19-20H,2,4,11-16H2,1H3,(H,25,28)/t19-,20+/m0/s1. The average Bonchev–Trinajstić information content (AvgIpc) is 2.79. The lowest BCUT2D eigenvalue weighted by atomic mass is 9.89. The summed E-state index contributed by atoms with van der Waals surface area (Å²) in [6.07, 6.45) is 5.66.